The molecule has 2 aromatic carbocycles. The zero-order valence-corrected chi connectivity index (χ0v) is 15.4. The summed E-state index contributed by atoms with van der Waals surface area (Å²) in [5.41, 5.74) is 1.62. The molecule has 136 valence electrons. The van der Waals surface area contributed by atoms with Gasteiger partial charge in [-0.2, -0.15) is 0 Å². The van der Waals surface area contributed by atoms with E-state index in [0.717, 1.165) is 11.1 Å². The lowest BCUT2D eigenvalue weighted by atomic mass is 10.0. The Balaban J connectivity index is 2.49. The van der Waals surface area contributed by atoms with Crippen LogP contribution in [0.1, 0.15) is 38.3 Å². The minimum absolute atomic E-state index is 0.210. The maximum atomic E-state index is 13.5. The fourth-order valence-electron chi connectivity index (χ4n) is 2.42. The third-order valence-corrected chi connectivity index (χ3v) is 3.47. The summed E-state index contributed by atoms with van der Waals surface area (Å²) in [5, 5.41) is 0. The topological polar surface area (TPSA) is 38.7 Å². The van der Waals surface area contributed by atoms with Crippen LogP contribution in [0.15, 0.2) is 78.1 Å². The number of nitrogens with zero attached hydrogens (tertiary/aromatic N) is 1. The van der Waals surface area contributed by atoms with E-state index in [1.165, 1.54) is 0 Å². The number of carbonyl (C=O) groups excluding carboxylic acids is 1. The van der Waals surface area contributed by atoms with Crippen LogP contribution in [0.5, 0.6) is 0 Å². The molecule has 2 rings (SSSR count). The van der Waals surface area contributed by atoms with Gasteiger partial charge in [0, 0.05) is 17.5 Å². The molecule has 0 aliphatic rings. The monoisotopic (exact) mass is 353 g/mol. The first-order valence-electron chi connectivity index (χ1n) is 8.51. The average molecular weight is 353 g/mol. The van der Waals surface area contributed by atoms with E-state index in [0.29, 0.717) is 5.71 Å². The molecule has 3 nitrogen and oxygen atoms in total. The second-order valence-corrected chi connectivity index (χ2v) is 6.98. The predicted molar refractivity (Wildman–Crippen MR) is 103 cm³/mol. The number of benzene rings is 2. The van der Waals surface area contributed by atoms with Gasteiger partial charge in [-0.15, -0.1) is 0 Å². The molecule has 0 amide bonds. The summed E-state index contributed by atoms with van der Waals surface area (Å²) in [4.78, 5) is 17.1. The predicted octanol–water partition coefficient (Wildman–Crippen LogP) is 5.11. The van der Waals surface area contributed by atoms with Crippen molar-refractivity contribution in [3.63, 3.8) is 0 Å². The first kappa shape index (κ1) is 19.6. The molecule has 0 spiro atoms. The van der Waals surface area contributed by atoms with E-state index in [-0.39, 0.29) is 6.42 Å². The summed E-state index contributed by atoms with van der Waals surface area (Å²) in [5.74, 6) is -1.18. The van der Waals surface area contributed by atoms with Gasteiger partial charge in [0.05, 0.1) is 11.5 Å². The van der Waals surface area contributed by atoms with Crippen LogP contribution in [0, 0.1) is 0 Å². The van der Waals surface area contributed by atoms with Crippen molar-refractivity contribution in [2.75, 3.05) is 0 Å². The molecule has 0 saturated heterocycles. The average Bonchev–Trinajstić information content (AvgIpc) is 2.58. The van der Waals surface area contributed by atoms with Crippen molar-refractivity contribution in [3.8, 4) is 0 Å². The zero-order valence-electron chi connectivity index (χ0n) is 15.4. The maximum absolute atomic E-state index is 13.5. The van der Waals surface area contributed by atoms with Crippen molar-refractivity contribution in [2.45, 2.75) is 38.8 Å². The van der Waals surface area contributed by atoms with Gasteiger partial charge < -0.3 is 4.74 Å². The molecule has 26 heavy (non-hydrogen) atoms. The van der Waals surface area contributed by atoms with Crippen molar-refractivity contribution in [2.24, 2.45) is 4.99 Å². The van der Waals surface area contributed by atoms with E-state index in [1.54, 1.807) is 20.8 Å². The van der Waals surface area contributed by atoms with Crippen LogP contribution in [-0.2, 0) is 9.53 Å². The van der Waals surface area contributed by atoms with Crippen LogP contribution in [0.4, 0.5) is 4.39 Å². The summed E-state index contributed by atoms with van der Waals surface area (Å²) in [6.07, 6.45) is -0.210. The summed E-state index contributed by atoms with van der Waals surface area (Å²) in [6.45, 7) is 8.59. The van der Waals surface area contributed by atoms with Crippen LogP contribution < -0.4 is 0 Å². The molecule has 0 aliphatic heterocycles. The lowest BCUT2D eigenvalue weighted by Crippen LogP contribution is -2.32. The lowest BCUT2D eigenvalue weighted by Gasteiger charge is -2.22. The van der Waals surface area contributed by atoms with Crippen molar-refractivity contribution in [1.29, 1.82) is 0 Å². The molecule has 0 heterocycles. The molecule has 1 atom stereocenters. The van der Waals surface area contributed by atoms with Gasteiger partial charge in [0.25, 0.3) is 0 Å². The number of esters is 1. The van der Waals surface area contributed by atoms with Crippen molar-refractivity contribution in [3.05, 3.63) is 84.2 Å². The molecule has 0 fully saturated rings. The van der Waals surface area contributed by atoms with Crippen LogP contribution in [-0.4, -0.2) is 23.3 Å². The van der Waals surface area contributed by atoms with Gasteiger partial charge in [-0.25, -0.2) is 9.18 Å². The summed E-state index contributed by atoms with van der Waals surface area (Å²) in [6, 6.07) is 18.0. The molecule has 0 aromatic heterocycles. The molecule has 0 N–H and O–H groups in total. The minimum atomic E-state index is -0.998. The Morgan fingerprint density at radius 1 is 1.04 bits per heavy atom. The Hall–Kier alpha value is -2.75. The molecular formula is C22H24FNO2. The highest BCUT2D eigenvalue weighted by Crippen LogP contribution is 2.19. The number of rotatable bonds is 6. The minimum Gasteiger partial charge on any atom is -0.458 e. The number of halogens is 1. The summed E-state index contributed by atoms with van der Waals surface area (Å²) >= 11 is 0. The smallest absolute Gasteiger partial charge is 0.331 e. The Morgan fingerprint density at radius 3 is 1.88 bits per heavy atom. The molecular weight excluding hydrogens is 329 g/mol. The molecule has 4 heteroatoms. The van der Waals surface area contributed by atoms with Crippen molar-refractivity contribution in [1.82, 2.24) is 0 Å². The van der Waals surface area contributed by atoms with Crippen LogP contribution in [0.25, 0.3) is 0 Å². The van der Waals surface area contributed by atoms with Gasteiger partial charge in [0.15, 0.2) is 6.04 Å². The first-order valence-corrected chi connectivity index (χ1v) is 8.51. The highest BCUT2D eigenvalue weighted by molar-refractivity contribution is 6.13. The normalized spacial score (nSPS) is 12.2. The number of ether oxygens (including phenoxy) is 1. The third kappa shape index (κ3) is 5.96. The van der Waals surface area contributed by atoms with Gasteiger partial charge >= 0.3 is 5.97 Å². The van der Waals surface area contributed by atoms with E-state index >= 15 is 0 Å². The van der Waals surface area contributed by atoms with Gasteiger partial charge in [-0.1, -0.05) is 67.2 Å². The van der Waals surface area contributed by atoms with Gasteiger partial charge in [0.1, 0.15) is 5.60 Å². The van der Waals surface area contributed by atoms with E-state index in [4.69, 9.17) is 4.74 Å². The highest BCUT2D eigenvalue weighted by atomic mass is 19.1. The van der Waals surface area contributed by atoms with Gasteiger partial charge in [0.2, 0.25) is 0 Å². The van der Waals surface area contributed by atoms with E-state index < -0.39 is 23.4 Å². The van der Waals surface area contributed by atoms with Crippen LogP contribution in [0.2, 0.25) is 0 Å². The second-order valence-electron chi connectivity index (χ2n) is 6.98. The van der Waals surface area contributed by atoms with Crippen molar-refractivity contribution >= 4 is 11.7 Å². The number of aliphatic imine (C=N–C) groups is 1. The Labute approximate surface area is 154 Å². The Morgan fingerprint density at radius 2 is 1.50 bits per heavy atom. The fraction of sp³-hybridized carbons (Fsp3) is 0.273. The Bertz CT molecular complexity index is 735. The van der Waals surface area contributed by atoms with Crippen LogP contribution >= 0.6 is 0 Å². The largest absolute Gasteiger partial charge is 0.458 e. The number of hydrogen-bond donors (Lipinski definition) is 0. The highest BCUT2D eigenvalue weighted by Gasteiger charge is 2.26. The quantitative estimate of drug-likeness (QED) is 0.535. The lowest BCUT2D eigenvalue weighted by molar-refractivity contribution is -0.156. The van der Waals surface area contributed by atoms with E-state index in [1.807, 2.05) is 60.7 Å². The summed E-state index contributed by atoms with van der Waals surface area (Å²) in [7, 11) is 0. The Kier molecular flexibility index (Phi) is 6.45. The van der Waals surface area contributed by atoms with Gasteiger partial charge in [-0.3, -0.25) is 4.99 Å². The van der Waals surface area contributed by atoms with Gasteiger partial charge in [-0.05, 0) is 20.8 Å². The van der Waals surface area contributed by atoms with Crippen LogP contribution in [0.3, 0.4) is 0 Å². The molecule has 0 bridgehead atoms. The molecule has 0 radical (unpaired) electrons. The standard InChI is InChI=1S/C22H24FNO2/c1-16(23)15-19(21(25)26-22(2,3)4)24-20(17-11-7-5-8-12-17)18-13-9-6-10-14-18/h5-14,19H,1,15H2,2-4H3. The van der Waals surface area contributed by atoms with Crippen molar-refractivity contribution < 1.29 is 13.9 Å². The second kappa shape index (κ2) is 8.56. The first-order chi connectivity index (χ1) is 12.3. The number of carbonyl (C=O) groups is 1. The molecule has 0 aliphatic carbocycles. The molecule has 1 unspecified atom stereocenters. The molecule has 0 saturated carbocycles. The maximum Gasteiger partial charge on any atom is 0.331 e. The summed E-state index contributed by atoms with van der Waals surface area (Å²) < 4.78 is 18.9. The van der Waals surface area contributed by atoms with E-state index in [2.05, 4.69) is 11.6 Å². The fourth-order valence-corrected chi connectivity index (χ4v) is 2.42. The molecule has 2 aromatic rings. The number of hydrogen-bond acceptors (Lipinski definition) is 3. The SMILES string of the molecule is C=C(F)CC(N=C(c1ccccc1)c1ccccc1)C(=O)OC(C)(C)C. The third-order valence-electron chi connectivity index (χ3n) is 3.47. The van der Waals surface area contributed by atoms with E-state index in [9.17, 15) is 9.18 Å². The zero-order chi connectivity index (χ0) is 19.2.